The van der Waals surface area contributed by atoms with Crippen molar-refractivity contribution in [3.05, 3.63) is 64.7 Å². The van der Waals surface area contributed by atoms with E-state index in [-0.39, 0.29) is 21.6 Å². The second-order valence-electron chi connectivity index (χ2n) is 6.19. The second-order valence-corrected chi connectivity index (χ2v) is 7.78. The van der Waals surface area contributed by atoms with Crippen molar-refractivity contribution in [2.45, 2.75) is 31.9 Å². The molecule has 25 heavy (non-hydrogen) atoms. The maximum atomic E-state index is 14.0. The van der Waals surface area contributed by atoms with Crippen LogP contribution in [-0.2, 0) is 0 Å². The van der Waals surface area contributed by atoms with Crippen molar-refractivity contribution in [3.63, 3.8) is 0 Å². The minimum atomic E-state index is -2.74. The number of rotatable bonds is 4. The fourth-order valence-electron chi connectivity index (χ4n) is 1.99. The molecule has 3 nitrogen and oxygen atoms in total. The summed E-state index contributed by atoms with van der Waals surface area (Å²) in [6.07, 6.45) is -1.49. The molecule has 0 saturated carbocycles. The largest absolute Gasteiger partial charge is 0.280 e. The summed E-state index contributed by atoms with van der Waals surface area (Å²) in [5.74, 6) is -0.684. The highest BCUT2D eigenvalue weighted by Crippen LogP contribution is 2.28. The summed E-state index contributed by atoms with van der Waals surface area (Å²) in [6, 6.07) is 8.72. The number of halogens is 3. The van der Waals surface area contributed by atoms with E-state index in [1.54, 1.807) is 6.07 Å². The molecule has 7 heteroatoms. The highest BCUT2D eigenvalue weighted by molar-refractivity contribution is 7.99. The number of aromatic nitrogens is 1. The highest BCUT2D eigenvalue weighted by Gasteiger charge is 2.19. The van der Waals surface area contributed by atoms with Gasteiger partial charge in [0.1, 0.15) is 17.6 Å². The van der Waals surface area contributed by atoms with Gasteiger partial charge in [0.15, 0.2) is 0 Å². The molecule has 0 N–H and O–H groups in total. The molecule has 0 saturated heterocycles. The predicted octanol–water partition coefficient (Wildman–Crippen LogP) is 5.31. The first kappa shape index (κ1) is 19.0. The Balaban J connectivity index is 2.66. The van der Waals surface area contributed by atoms with Gasteiger partial charge in [-0.05, 0) is 50.9 Å². The SMILES string of the molecule is CC(C)(C)S/N=C(\c1ccnc(C(F)F)c1)c1cccc(F)c1C#N. The quantitative estimate of drug-likeness (QED) is 0.546. The molecule has 130 valence electrons. The van der Waals surface area contributed by atoms with Crippen LogP contribution in [0, 0.1) is 17.1 Å². The molecule has 1 aromatic heterocycles. The summed E-state index contributed by atoms with van der Waals surface area (Å²) in [6.45, 7) is 5.81. The number of nitriles is 1. The van der Waals surface area contributed by atoms with E-state index in [4.69, 9.17) is 0 Å². The van der Waals surface area contributed by atoms with Gasteiger partial charge in [0.2, 0.25) is 0 Å². The highest BCUT2D eigenvalue weighted by atomic mass is 32.2. The zero-order valence-electron chi connectivity index (χ0n) is 13.9. The van der Waals surface area contributed by atoms with Crippen LogP contribution < -0.4 is 0 Å². The third kappa shape index (κ3) is 4.83. The van der Waals surface area contributed by atoms with Crippen LogP contribution in [0.1, 0.15) is 49.6 Å². The summed E-state index contributed by atoms with van der Waals surface area (Å²) in [5.41, 5.74) is 0.294. The second kappa shape index (κ2) is 7.70. The van der Waals surface area contributed by atoms with E-state index in [9.17, 15) is 18.4 Å². The Bertz CT molecular complexity index is 836. The van der Waals surface area contributed by atoms with E-state index in [0.717, 1.165) is 0 Å². The van der Waals surface area contributed by atoms with E-state index in [0.29, 0.717) is 5.56 Å². The summed E-state index contributed by atoms with van der Waals surface area (Å²) in [7, 11) is 0. The molecule has 0 atom stereocenters. The Morgan fingerprint density at radius 1 is 1.28 bits per heavy atom. The zero-order chi connectivity index (χ0) is 18.6. The fourth-order valence-corrected chi connectivity index (χ4v) is 2.56. The Labute approximate surface area is 148 Å². The third-order valence-corrected chi connectivity index (χ3v) is 3.89. The van der Waals surface area contributed by atoms with E-state index in [2.05, 4.69) is 9.38 Å². The van der Waals surface area contributed by atoms with Gasteiger partial charge in [-0.25, -0.2) is 17.6 Å². The first-order valence-corrected chi connectivity index (χ1v) is 8.20. The molecule has 0 aliphatic heterocycles. The summed E-state index contributed by atoms with van der Waals surface area (Å²) in [4.78, 5) is 3.63. The smallest absolute Gasteiger partial charge is 0.255 e. The Kier molecular flexibility index (Phi) is 5.85. The monoisotopic (exact) mass is 363 g/mol. The van der Waals surface area contributed by atoms with Crippen LogP contribution in [0.3, 0.4) is 0 Å². The number of hydrogen-bond donors (Lipinski definition) is 0. The van der Waals surface area contributed by atoms with Crippen LogP contribution in [0.2, 0.25) is 0 Å². The molecule has 2 aromatic rings. The van der Waals surface area contributed by atoms with Crippen molar-refractivity contribution in [3.8, 4) is 6.07 Å². The van der Waals surface area contributed by atoms with E-state index in [1.807, 2.05) is 26.8 Å². The molecule has 0 radical (unpaired) electrons. The first-order chi connectivity index (χ1) is 11.7. The van der Waals surface area contributed by atoms with Crippen molar-refractivity contribution in [1.82, 2.24) is 4.98 Å². The molecule has 2 rings (SSSR count). The van der Waals surface area contributed by atoms with Gasteiger partial charge in [-0.3, -0.25) is 4.98 Å². The van der Waals surface area contributed by atoms with Gasteiger partial charge in [0.25, 0.3) is 6.43 Å². The van der Waals surface area contributed by atoms with Gasteiger partial charge >= 0.3 is 0 Å². The van der Waals surface area contributed by atoms with Crippen molar-refractivity contribution in [2.75, 3.05) is 0 Å². The van der Waals surface area contributed by atoms with E-state index >= 15 is 0 Å². The van der Waals surface area contributed by atoms with Gasteiger partial charge in [0.05, 0.1) is 11.3 Å². The third-order valence-electron chi connectivity index (χ3n) is 3.07. The lowest BCUT2D eigenvalue weighted by Gasteiger charge is -2.16. The standard InChI is InChI=1S/C18H16F3N3S/c1-18(2,3)25-24-16(11-7-8-23-15(9-11)17(20)21)12-5-4-6-14(19)13(12)10-22/h4-9,17H,1-3H3/b24-16+. The minimum absolute atomic E-state index is 0.175. The van der Waals surface area contributed by atoms with E-state index < -0.39 is 17.9 Å². The minimum Gasteiger partial charge on any atom is -0.255 e. The summed E-state index contributed by atoms with van der Waals surface area (Å²) >= 11 is 1.22. The number of hydrogen-bond acceptors (Lipinski definition) is 4. The Hall–Kier alpha value is -2.33. The Morgan fingerprint density at radius 2 is 2.00 bits per heavy atom. The molecule has 0 fully saturated rings. The summed E-state index contributed by atoms with van der Waals surface area (Å²) < 4.78 is 44.1. The lowest BCUT2D eigenvalue weighted by Crippen LogP contribution is -2.11. The van der Waals surface area contributed by atoms with Crippen LogP contribution >= 0.6 is 11.9 Å². The molecular formula is C18H16F3N3S. The topological polar surface area (TPSA) is 49.0 Å². The van der Waals surface area contributed by atoms with Crippen molar-refractivity contribution in [2.24, 2.45) is 4.40 Å². The van der Waals surface area contributed by atoms with Gasteiger partial charge in [0, 0.05) is 22.1 Å². The van der Waals surface area contributed by atoms with Crippen LogP contribution in [0.15, 0.2) is 40.9 Å². The molecule has 0 bridgehead atoms. The maximum Gasteiger partial charge on any atom is 0.280 e. The zero-order valence-corrected chi connectivity index (χ0v) is 14.7. The molecule has 1 aromatic carbocycles. The van der Waals surface area contributed by atoms with Crippen LogP contribution in [-0.4, -0.2) is 15.4 Å². The average Bonchev–Trinajstić information content (AvgIpc) is 2.54. The van der Waals surface area contributed by atoms with Crippen LogP contribution in [0.5, 0.6) is 0 Å². The number of benzene rings is 1. The van der Waals surface area contributed by atoms with Gasteiger partial charge < -0.3 is 0 Å². The maximum absolute atomic E-state index is 14.0. The molecule has 0 aliphatic rings. The molecule has 0 amide bonds. The summed E-state index contributed by atoms with van der Waals surface area (Å²) in [5, 5.41) is 9.28. The molecule has 0 unspecified atom stereocenters. The molecular weight excluding hydrogens is 347 g/mol. The number of pyridine rings is 1. The number of alkyl halides is 2. The fraction of sp³-hybridized carbons (Fsp3) is 0.278. The Morgan fingerprint density at radius 3 is 2.60 bits per heavy atom. The van der Waals surface area contributed by atoms with Crippen molar-refractivity contribution >= 4 is 17.7 Å². The van der Waals surface area contributed by atoms with E-state index in [1.165, 1.54) is 42.4 Å². The molecule has 0 aliphatic carbocycles. The number of nitrogens with zero attached hydrogens (tertiary/aromatic N) is 3. The van der Waals surface area contributed by atoms with Crippen molar-refractivity contribution < 1.29 is 13.2 Å². The van der Waals surface area contributed by atoms with Crippen molar-refractivity contribution in [1.29, 1.82) is 5.26 Å². The lowest BCUT2D eigenvalue weighted by atomic mass is 9.98. The molecule has 0 spiro atoms. The van der Waals surface area contributed by atoms with Crippen LogP contribution in [0.4, 0.5) is 13.2 Å². The average molecular weight is 363 g/mol. The normalized spacial score (nSPS) is 12.3. The molecule has 1 heterocycles. The van der Waals surface area contributed by atoms with Gasteiger partial charge in [-0.15, -0.1) is 0 Å². The lowest BCUT2D eigenvalue weighted by molar-refractivity contribution is 0.146. The predicted molar refractivity (Wildman–Crippen MR) is 93.3 cm³/mol. The van der Waals surface area contributed by atoms with Gasteiger partial charge in [-0.2, -0.15) is 5.26 Å². The van der Waals surface area contributed by atoms with Gasteiger partial charge in [-0.1, -0.05) is 12.1 Å². The first-order valence-electron chi connectivity index (χ1n) is 7.42. The van der Waals surface area contributed by atoms with Crippen LogP contribution in [0.25, 0.3) is 0 Å².